The Morgan fingerprint density at radius 1 is 1.18 bits per heavy atom. The van der Waals surface area contributed by atoms with E-state index in [9.17, 15) is 9.59 Å². The maximum absolute atomic E-state index is 12.4. The van der Waals surface area contributed by atoms with E-state index >= 15 is 0 Å². The summed E-state index contributed by atoms with van der Waals surface area (Å²) in [7, 11) is 0. The van der Waals surface area contributed by atoms with Crippen LogP contribution in [0.25, 0.3) is 0 Å². The number of esters is 1. The second-order valence-electron chi connectivity index (χ2n) is 6.90. The number of nitrogens with one attached hydrogen (secondary N) is 1. The minimum absolute atomic E-state index is 0.0995. The highest BCUT2D eigenvalue weighted by atomic mass is 32.1. The van der Waals surface area contributed by atoms with Crippen molar-refractivity contribution in [1.82, 2.24) is 0 Å². The van der Waals surface area contributed by atoms with Crippen LogP contribution in [0.15, 0.2) is 24.3 Å². The molecule has 0 saturated heterocycles. The van der Waals surface area contributed by atoms with Gasteiger partial charge in [-0.2, -0.15) is 0 Å². The van der Waals surface area contributed by atoms with E-state index in [0.717, 1.165) is 42.6 Å². The van der Waals surface area contributed by atoms with Gasteiger partial charge in [0.05, 0.1) is 18.8 Å². The zero-order valence-corrected chi connectivity index (χ0v) is 17.3. The highest BCUT2D eigenvalue weighted by Crippen LogP contribution is 2.38. The Labute approximate surface area is 170 Å². The maximum Gasteiger partial charge on any atom is 0.341 e. The molecule has 3 rings (SSSR count). The van der Waals surface area contributed by atoms with Gasteiger partial charge in [-0.1, -0.05) is 18.2 Å². The molecular weight excluding hydrogens is 374 g/mol. The third-order valence-electron chi connectivity index (χ3n) is 4.80. The Bertz CT molecular complexity index is 843. The van der Waals surface area contributed by atoms with Gasteiger partial charge in [-0.3, -0.25) is 4.79 Å². The molecule has 28 heavy (non-hydrogen) atoms. The number of aryl methyl sites for hydroxylation is 2. The highest BCUT2D eigenvalue weighted by Gasteiger charge is 2.27. The van der Waals surface area contributed by atoms with Crippen molar-refractivity contribution in [2.75, 3.05) is 18.5 Å². The molecule has 0 spiro atoms. The van der Waals surface area contributed by atoms with Gasteiger partial charge in [-0.25, -0.2) is 4.79 Å². The second kappa shape index (κ2) is 9.73. The minimum Gasteiger partial charge on any atom is -0.493 e. The Hall–Kier alpha value is -2.34. The molecule has 0 radical (unpaired) electrons. The van der Waals surface area contributed by atoms with Gasteiger partial charge in [-0.05, 0) is 63.1 Å². The van der Waals surface area contributed by atoms with Crippen LogP contribution in [-0.2, 0) is 22.4 Å². The fourth-order valence-corrected chi connectivity index (χ4v) is 4.69. The minimum atomic E-state index is -0.333. The lowest BCUT2D eigenvalue weighted by Crippen LogP contribution is -2.16. The number of amides is 1. The van der Waals surface area contributed by atoms with E-state index in [-0.39, 0.29) is 11.9 Å². The van der Waals surface area contributed by atoms with E-state index in [1.165, 1.54) is 16.2 Å². The Morgan fingerprint density at radius 3 is 2.75 bits per heavy atom. The number of fused-ring (bicyclic) bond motifs is 1. The summed E-state index contributed by atoms with van der Waals surface area (Å²) in [6.07, 6.45) is 4.99. The van der Waals surface area contributed by atoms with Crippen LogP contribution in [-0.4, -0.2) is 25.1 Å². The summed E-state index contributed by atoms with van der Waals surface area (Å²) in [4.78, 5) is 26.1. The number of hydrogen-bond acceptors (Lipinski definition) is 5. The summed E-state index contributed by atoms with van der Waals surface area (Å²) >= 11 is 1.52. The number of rotatable bonds is 8. The zero-order valence-electron chi connectivity index (χ0n) is 16.5. The number of carbonyl (C=O) groups is 2. The highest BCUT2D eigenvalue weighted by molar-refractivity contribution is 7.17. The second-order valence-corrected chi connectivity index (χ2v) is 8.01. The van der Waals surface area contributed by atoms with Crippen molar-refractivity contribution in [3.05, 3.63) is 45.8 Å². The van der Waals surface area contributed by atoms with Crippen LogP contribution in [0.3, 0.4) is 0 Å². The smallest absolute Gasteiger partial charge is 0.341 e. The lowest BCUT2D eigenvalue weighted by molar-refractivity contribution is -0.116. The molecule has 5 nitrogen and oxygen atoms in total. The van der Waals surface area contributed by atoms with Gasteiger partial charge in [0, 0.05) is 11.3 Å². The third kappa shape index (κ3) is 4.93. The normalized spacial score (nSPS) is 12.9. The largest absolute Gasteiger partial charge is 0.493 e. The molecule has 1 aromatic heterocycles. The molecule has 0 bridgehead atoms. The van der Waals surface area contributed by atoms with E-state index in [1.807, 2.05) is 31.2 Å². The fourth-order valence-electron chi connectivity index (χ4n) is 3.40. The SMILES string of the molecule is CCOC(=O)c1c(NC(=O)CCCOc2ccccc2C)sc2c1CCCC2. The van der Waals surface area contributed by atoms with Crippen molar-refractivity contribution in [1.29, 1.82) is 0 Å². The van der Waals surface area contributed by atoms with Crippen LogP contribution in [0, 0.1) is 6.92 Å². The predicted octanol–water partition coefficient (Wildman–Crippen LogP) is 4.91. The number of carbonyl (C=O) groups excluding carboxylic acids is 2. The Balaban J connectivity index is 1.58. The summed E-state index contributed by atoms with van der Waals surface area (Å²) in [6.45, 7) is 4.60. The van der Waals surface area contributed by atoms with Crippen LogP contribution in [0.1, 0.15) is 59.0 Å². The quantitative estimate of drug-likeness (QED) is 0.504. The van der Waals surface area contributed by atoms with Gasteiger partial charge >= 0.3 is 5.97 Å². The standard InChI is InChI=1S/C22H27NO4S/c1-3-26-22(25)20-16-10-5-7-12-18(16)28-21(20)23-19(24)13-8-14-27-17-11-6-4-9-15(17)2/h4,6,9,11H,3,5,7-8,10,12-14H2,1-2H3,(H,23,24). The average molecular weight is 402 g/mol. The van der Waals surface area contributed by atoms with E-state index < -0.39 is 0 Å². The van der Waals surface area contributed by atoms with Crippen molar-refractivity contribution in [2.45, 2.75) is 52.4 Å². The molecule has 0 unspecified atom stereocenters. The molecule has 1 aromatic carbocycles. The molecule has 1 aliphatic rings. The fraction of sp³-hybridized carbons (Fsp3) is 0.455. The van der Waals surface area contributed by atoms with Gasteiger partial charge in [0.15, 0.2) is 0 Å². The number of hydrogen-bond donors (Lipinski definition) is 1. The molecule has 0 fully saturated rings. The predicted molar refractivity (Wildman–Crippen MR) is 111 cm³/mol. The Kier molecular flexibility index (Phi) is 7.09. The number of anilines is 1. The van der Waals surface area contributed by atoms with Gasteiger partial charge in [0.1, 0.15) is 10.8 Å². The first-order valence-corrected chi connectivity index (χ1v) is 10.7. The molecule has 2 aromatic rings. The maximum atomic E-state index is 12.4. The molecule has 1 amide bonds. The van der Waals surface area contributed by atoms with Gasteiger partial charge in [0.2, 0.25) is 5.91 Å². The molecule has 0 aliphatic heterocycles. The lowest BCUT2D eigenvalue weighted by Gasteiger charge is -2.12. The van der Waals surface area contributed by atoms with E-state index in [0.29, 0.717) is 36.6 Å². The first-order chi connectivity index (χ1) is 13.6. The Morgan fingerprint density at radius 2 is 1.96 bits per heavy atom. The van der Waals surface area contributed by atoms with Gasteiger partial charge < -0.3 is 14.8 Å². The van der Waals surface area contributed by atoms with Crippen LogP contribution in [0.2, 0.25) is 0 Å². The molecule has 1 heterocycles. The summed E-state index contributed by atoms with van der Waals surface area (Å²) < 4.78 is 11.0. The molecule has 0 atom stereocenters. The number of para-hydroxylation sites is 1. The van der Waals surface area contributed by atoms with Crippen molar-refractivity contribution in [3.63, 3.8) is 0 Å². The molecule has 1 aliphatic carbocycles. The van der Waals surface area contributed by atoms with E-state index in [4.69, 9.17) is 9.47 Å². The third-order valence-corrected chi connectivity index (χ3v) is 6.01. The van der Waals surface area contributed by atoms with Crippen LogP contribution < -0.4 is 10.1 Å². The van der Waals surface area contributed by atoms with E-state index in [1.54, 1.807) is 6.92 Å². The van der Waals surface area contributed by atoms with Gasteiger partial charge in [0.25, 0.3) is 0 Å². The van der Waals surface area contributed by atoms with Crippen molar-refractivity contribution in [2.24, 2.45) is 0 Å². The van der Waals surface area contributed by atoms with Crippen LogP contribution in [0.5, 0.6) is 5.75 Å². The van der Waals surface area contributed by atoms with Crippen LogP contribution in [0.4, 0.5) is 5.00 Å². The lowest BCUT2D eigenvalue weighted by atomic mass is 9.95. The zero-order chi connectivity index (χ0) is 19.9. The van der Waals surface area contributed by atoms with Crippen molar-refractivity contribution in [3.8, 4) is 5.75 Å². The molecule has 0 saturated carbocycles. The number of benzene rings is 1. The molecule has 6 heteroatoms. The van der Waals surface area contributed by atoms with Gasteiger partial charge in [-0.15, -0.1) is 11.3 Å². The average Bonchev–Trinajstić information content (AvgIpc) is 3.04. The van der Waals surface area contributed by atoms with E-state index in [2.05, 4.69) is 5.32 Å². The number of ether oxygens (including phenoxy) is 2. The van der Waals surface area contributed by atoms with Crippen molar-refractivity contribution >= 4 is 28.2 Å². The molecule has 150 valence electrons. The monoisotopic (exact) mass is 401 g/mol. The summed E-state index contributed by atoms with van der Waals surface area (Å²) in [5.41, 5.74) is 2.70. The summed E-state index contributed by atoms with van der Waals surface area (Å²) in [5.74, 6) is 0.413. The summed E-state index contributed by atoms with van der Waals surface area (Å²) in [5, 5.41) is 3.57. The van der Waals surface area contributed by atoms with Crippen LogP contribution >= 0.6 is 11.3 Å². The molecule has 1 N–H and O–H groups in total. The first kappa shape index (κ1) is 20.4. The van der Waals surface area contributed by atoms with Crippen molar-refractivity contribution < 1.29 is 19.1 Å². The topological polar surface area (TPSA) is 64.6 Å². The number of thiophene rings is 1. The molecular formula is C22H27NO4S. The first-order valence-electron chi connectivity index (χ1n) is 9.90. The summed E-state index contributed by atoms with van der Waals surface area (Å²) in [6, 6.07) is 7.83.